The van der Waals surface area contributed by atoms with Crippen molar-refractivity contribution in [3.05, 3.63) is 12.7 Å². The van der Waals surface area contributed by atoms with E-state index in [1.807, 2.05) is 0 Å². The largest absolute Gasteiger partial charge is 0.481 e. The third-order valence-electron chi connectivity index (χ3n) is 8.00. The van der Waals surface area contributed by atoms with Gasteiger partial charge in [-0.05, 0) is 13.3 Å². The lowest BCUT2D eigenvalue weighted by Gasteiger charge is -2.30. The lowest BCUT2D eigenvalue weighted by atomic mass is 9.87. The van der Waals surface area contributed by atoms with E-state index < -0.39 is 108 Å². The zero-order chi connectivity index (χ0) is 43.9. The summed E-state index contributed by atoms with van der Waals surface area (Å²) in [7, 11) is -16.5. The maximum Gasteiger partial charge on any atom is 0.481 e. The van der Waals surface area contributed by atoms with Crippen LogP contribution in [0.1, 0.15) is 46.3 Å². The molecule has 0 saturated carbocycles. The number of hydrogen-bond acceptors (Lipinski definition) is 20. The number of imidazole rings is 1. The lowest BCUT2D eigenvalue weighted by molar-refractivity contribution is -0.139. The Morgan fingerprint density at radius 2 is 1.67 bits per heavy atom. The Bertz CT molecular complexity index is 1950. The van der Waals surface area contributed by atoms with Crippen LogP contribution in [0.4, 0.5) is 5.82 Å². The third kappa shape index (κ3) is 14.6. The van der Waals surface area contributed by atoms with Crippen molar-refractivity contribution in [3.63, 3.8) is 0 Å². The smallest absolute Gasteiger partial charge is 0.481 e. The molecule has 2 aromatic rings. The highest BCUT2D eigenvalue weighted by molar-refractivity contribution is 8.13. The summed E-state index contributed by atoms with van der Waals surface area (Å²) in [5, 5.41) is 44.3. The van der Waals surface area contributed by atoms with Crippen LogP contribution >= 0.6 is 35.2 Å². The van der Waals surface area contributed by atoms with Crippen molar-refractivity contribution >= 4 is 75.1 Å². The van der Waals surface area contributed by atoms with Crippen LogP contribution in [0.2, 0.25) is 0 Å². The van der Waals surface area contributed by atoms with Crippen molar-refractivity contribution in [2.24, 2.45) is 5.41 Å². The molecule has 8 atom stereocenters. The van der Waals surface area contributed by atoms with Gasteiger partial charge in [0.2, 0.25) is 16.9 Å². The number of thioether (sulfide) groups is 1. The third-order valence-corrected chi connectivity index (χ3v) is 12.2. The molecular formula is C27H44N7O20P3S. The molecule has 58 heavy (non-hydrogen) atoms. The first-order chi connectivity index (χ1) is 26.6. The fraction of sp³-hybridized carbons (Fsp3) is 0.667. The van der Waals surface area contributed by atoms with E-state index in [0.717, 1.165) is 17.2 Å². The second-order valence-electron chi connectivity index (χ2n) is 13.4. The summed E-state index contributed by atoms with van der Waals surface area (Å²) < 4.78 is 62.0. The van der Waals surface area contributed by atoms with E-state index in [-0.39, 0.29) is 48.7 Å². The average Bonchev–Trinajstić information content (AvgIpc) is 3.67. The van der Waals surface area contributed by atoms with E-state index in [1.54, 1.807) is 0 Å². The summed E-state index contributed by atoms with van der Waals surface area (Å²) in [4.78, 5) is 98.3. The highest BCUT2D eigenvalue weighted by atomic mass is 32.2. The molecule has 328 valence electrons. The number of phosphoric ester groups is 3. The number of nitrogens with one attached hydrogen (secondary N) is 2. The fourth-order valence-electron chi connectivity index (χ4n) is 4.88. The molecule has 0 aliphatic carbocycles. The van der Waals surface area contributed by atoms with E-state index in [0.29, 0.717) is 11.8 Å². The quantitative estimate of drug-likeness (QED) is 0.0436. The molecular weight excluding hydrogens is 867 g/mol. The predicted octanol–water partition coefficient (Wildman–Crippen LogP) is -1.72. The van der Waals surface area contributed by atoms with Crippen LogP contribution in [-0.4, -0.2) is 144 Å². The van der Waals surface area contributed by atoms with Gasteiger partial charge in [0, 0.05) is 37.1 Å². The first-order valence-corrected chi connectivity index (χ1v) is 22.2. The molecule has 1 aliphatic rings. The van der Waals surface area contributed by atoms with Crippen molar-refractivity contribution in [1.82, 2.24) is 30.2 Å². The number of carboxylic acids is 1. The van der Waals surface area contributed by atoms with Crippen LogP contribution in [-0.2, 0) is 55.5 Å². The number of carbonyl (C=O) groups excluding carboxylic acids is 3. The highest BCUT2D eigenvalue weighted by Crippen LogP contribution is 2.61. The second kappa shape index (κ2) is 20.0. The van der Waals surface area contributed by atoms with Crippen LogP contribution in [0.25, 0.3) is 11.2 Å². The summed E-state index contributed by atoms with van der Waals surface area (Å²) in [5.74, 6) is -2.79. The van der Waals surface area contributed by atoms with Crippen molar-refractivity contribution in [2.75, 3.05) is 37.8 Å². The Labute approximate surface area is 332 Å². The van der Waals surface area contributed by atoms with Gasteiger partial charge in [-0.3, -0.25) is 37.3 Å². The maximum absolute atomic E-state index is 12.7. The molecule has 0 radical (unpaired) electrons. The number of rotatable bonds is 23. The minimum Gasteiger partial charge on any atom is -0.481 e. The molecule has 0 bridgehead atoms. The number of ether oxygens (including phenoxy) is 1. The van der Waals surface area contributed by atoms with E-state index >= 15 is 0 Å². The molecule has 3 heterocycles. The van der Waals surface area contributed by atoms with E-state index in [1.165, 1.54) is 20.8 Å². The SMILES string of the molecule is CC(O)(CCC(=O)O)C(=O)SCCNC(=O)CCNC(=O)C(O)C(C)(C)COP(=O)(O)OP(=O)(O)OC[C@H]1O[C@@H](n2cnc3c(N)ncnc32)[C@H](O)[C@@H]1OP(=O)(O)O. The number of nitrogens with two attached hydrogens (primary N) is 1. The standard InChI is InChI=1S/C27H44N7O20P3S/c1-26(2,20(39)23(40)30-7-5-15(35)29-8-9-58-25(41)27(3,42)6-4-16(36)37)11-51-57(48,49)54-56(46,47)50-10-14-19(53-55(43,44)45)18(38)24(52-14)34-13-33-17-21(28)31-12-32-22(17)34/h12-14,18-20,24,38-39,42H,4-11H2,1-3H3,(H,29,35)(H,30,40)(H,36,37)(H,46,47)(H,48,49)(H2,28,31,32)(H2,43,44,45)/t14-,18-,19-,20?,24-,27?/m1/s1. The Balaban J connectivity index is 1.47. The summed E-state index contributed by atoms with van der Waals surface area (Å²) in [6.45, 7) is 1.21. The number of phosphoric acid groups is 3. The van der Waals surface area contributed by atoms with Crippen LogP contribution in [0.15, 0.2) is 12.7 Å². The van der Waals surface area contributed by atoms with Gasteiger partial charge in [-0.15, -0.1) is 0 Å². The molecule has 0 aromatic carbocycles. The normalized spacial score (nSPS) is 22.4. The summed E-state index contributed by atoms with van der Waals surface area (Å²) in [5.41, 5.74) is 2.30. The number of aliphatic hydroxyl groups is 3. The Hall–Kier alpha value is -3.01. The van der Waals surface area contributed by atoms with Gasteiger partial charge in [0.15, 0.2) is 17.7 Å². The second-order valence-corrected chi connectivity index (χ2v) is 18.7. The molecule has 12 N–H and O–H groups in total. The van der Waals surface area contributed by atoms with Gasteiger partial charge >= 0.3 is 29.4 Å². The zero-order valence-electron chi connectivity index (χ0n) is 30.8. The number of aliphatic hydroxyl groups excluding tert-OH is 2. The van der Waals surface area contributed by atoms with Crippen LogP contribution in [0.5, 0.6) is 0 Å². The van der Waals surface area contributed by atoms with Crippen molar-refractivity contribution in [1.29, 1.82) is 0 Å². The molecule has 1 fully saturated rings. The molecule has 2 aromatic heterocycles. The van der Waals surface area contributed by atoms with Crippen molar-refractivity contribution in [2.45, 2.75) is 76.3 Å². The van der Waals surface area contributed by atoms with Gasteiger partial charge in [-0.1, -0.05) is 25.6 Å². The molecule has 3 rings (SSSR count). The van der Waals surface area contributed by atoms with Crippen LogP contribution in [0.3, 0.4) is 0 Å². The Morgan fingerprint density at radius 1 is 1.02 bits per heavy atom. The fourth-order valence-corrected chi connectivity index (χ4v) is 8.51. The number of amides is 2. The van der Waals surface area contributed by atoms with Gasteiger partial charge in [0.05, 0.1) is 19.5 Å². The number of hydrogen-bond donors (Lipinski definition) is 11. The number of fused-ring (bicyclic) bond motifs is 1. The minimum atomic E-state index is -5.60. The number of anilines is 1. The summed E-state index contributed by atoms with van der Waals surface area (Å²) >= 11 is 0.686. The number of nitrogens with zero attached hydrogens (tertiary/aromatic N) is 4. The Kier molecular flexibility index (Phi) is 17.0. The summed E-state index contributed by atoms with van der Waals surface area (Å²) in [6.07, 6.45) is -7.91. The minimum absolute atomic E-state index is 0.0138. The molecule has 2 amide bonds. The van der Waals surface area contributed by atoms with Gasteiger partial charge in [-0.2, -0.15) is 4.31 Å². The van der Waals surface area contributed by atoms with E-state index in [9.17, 15) is 67.8 Å². The molecule has 27 nitrogen and oxygen atoms in total. The van der Waals surface area contributed by atoms with Crippen molar-refractivity contribution < 1.29 is 95.5 Å². The molecule has 4 unspecified atom stereocenters. The molecule has 31 heteroatoms. The number of aromatic nitrogens is 4. The van der Waals surface area contributed by atoms with Crippen LogP contribution < -0.4 is 16.4 Å². The van der Waals surface area contributed by atoms with Gasteiger partial charge in [-0.25, -0.2) is 28.6 Å². The van der Waals surface area contributed by atoms with Gasteiger partial charge in [0.1, 0.15) is 41.9 Å². The first kappa shape index (κ1) is 49.4. The Morgan fingerprint density at radius 3 is 2.31 bits per heavy atom. The number of nitrogen functional groups attached to an aromatic ring is 1. The monoisotopic (exact) mass is 911 g/mol. The van der Waals surface area contributed by atoms with Gasteiger partial charge in [0.25, 0.3) is 0 Å². The highest BCUT2D eigenvalue weighted by Gasteiger charge is 2.50. The lowest BCUT2D eigenvalue weighted by Crippen LogP contribution is -2.46. The maximum atomic E-state index is 12.7. The number of carboxylic acid groups (broad SMARTS) is 1. The molecule has 1 saturated heterocycles. The zero-order valence-corrected chi connectivity index (χ0v) is 34.3. The predicted molar refractivity (Wildman–Crippen MR) is 195 cm³/mol. The van der Waals surface area contributed by atoms with E-state index in [4.69, 9.17) is 24.6 Å². The summed E-state index contributed by atoms with van der Waals surface area (Å²) in [6, 6.07) is 0. The van der Waals surface area contributed by atoms with Crippen molar-refractivity contribution in [3.8, 4) is 0 Å². The number of aliphatic carboxylic acids is 1. The van der Waals surface area contributed by atoms with Crippen LogP contribution in [0, 0.1) is 5.41 Å². The van der Waals surface area contributed by atoms with Gasteiger partial charge < -0.3 is 61.1 Å². The first-order valence-electron chi connectivity index (χ1n) is 16.6. The molecule has 1 aliphatic heterocycles. The van der Waals surface area contributed by atoms with E-state index in [2.05, 4.69) is 34.4 Å². The topological polar surface area (TPSA) is 421 Å². The number of carbonyl (C=O) groups is 4. The molecule has 0 spiro atoms. The average molecular weight is 912 g/mol.